The maximum atomic E-state index is 12.4. The number of thiophene rings is 1. The zero-order chi connectivity index (χ0) is 15.6. The molecule has 112 valence electrons. The van der Waals surface area contributed by atoms with Gasteiger partial charge in [-0.05, 0) is 24.6 Å². The van der Waals surface area contributed by atoms with Crippen molar-refractivity contribution < 1.29 is 17.9 Å². The molecule has 0 atom stereocenters. The summed E-state index contributed by atoms with van der Waals surface area (Å²) in [6.45, 7) is 2.87. The minimum atomic E-state index is -3.81. The predicted molar refractivity (Wildman–Crippen MR) is 82.6 cm³/mol. The highest BCUT2D eigenvalue weighted by Crippen LogP contribution is 2.32. The number of halogens is 1. The highest BCUT2D eigenvalue weighted by atomic mass is 35.5. The number of carbonyl (C=O) groups is 1. The molecule has 0 fully saturated rings. The number of esters is 1. The standard InChI is InChI=1S/C13H12ClNO4S2/c1-8-10(14)4-3-5-13(8)21(17,18)15-11-6-20-7-12(11)19-9(2)16/h3-7,15H,1-2H3. The van der Waals surface area contributed by atoms with E-state index in [0.717, 1.165) is 0 Å². The van der Waals surface area contributed by atoms with Crippen molar-refractivity contribution in [1.29, 1.82) is 0 Å². The van der Waals surface area contributed by atoms with Gasteiger partial charge in [0.05, 0.1) is 4.90 Å². The van der Waals surface area contributed by atoms with Crippen molar-refractivity contribution >= 4 is 44.6 Å². The van der Waals surface area contributed by atoms with Gasteiger partial charge in [-0.1, -0.05) is 17.7 Å². The van der Waals surface area contributed by atoms with E-state index in [9.17, 15) is 13.2 Å². The topological polar surface area (TPSA) is 72.5 Å². The molecule has 0 amide bonds. The molecule has 0 aliphatic carbocycles. The molecule has 0 aliphatic heterocycles. The molecule has 0 unspecified atom stereocenters. The van der Waals surface area contributed by atoms with Gasteiger partial charge >= 0.3 is 5.97 Å². The predicted octanol–water partition coefficient (Wildman–Crippen LogP) is 3.44. The maximum Gasteiger partial charge on any atom is 0.308 e. The lowest BCUT2D eigenvalue weighted by atomic mass is 10.2. The van der Waals surface area contributed by atoms with Crippen molar-refractivity contribution in [2.24, 2.45) is 0 Å². The lowest BCUT2D eigenvalue weighted by Crippen LogP contribution is -2.15. The summed E-state index contributed by atoms with van der Waals surface area (Å²) in [4.78, 5) is 11.1. The van der Waals surface area contributed by atoms with Gasteiger partial charge in [0.1, 0.15) is 5.69 Å². The molecule has 21 heavy (non-hydrogen) atoms. The van der Waals surface area contributed by atoms with Crippen LogP contribution in [0.25, 0.3) is 0 Å². The minimum absolute atomic E-state index is 0.0787. The molecule has 1 heterocycles. The molecule has 0 radical (unpaired) electrons. The summed E-state index contributed by atoms with van der Waals surface area (Å²) < 4.78 is 32.2. The Kier molecular flexibility index (Phi) is 4.55. The Morgan fingerprint density at radius 3 is 2.71 bits per heavy atom. The van der Waals surface area contributed by atoms with E-state index >= 15 is 0 Å². The normalized spacial score (nSPS) is 11.2. The number of hydrogen-bond acceptors (Lipinski definition) is 5. The van der Waals surface area contributed by atoms with Crippen molar-refractivity contribution in [3.8, 4) is 5.75 Å². The van der Waals surface area contributed by atoms with Gasteiger partial charge in [-0.3, -0.25) is 9.52 Å². The van der Waals surface area contributed by atoms with E-state index in [1.54, 1.807) is 29.8 Å². The first-order valence-corrected chi connectivity index (χ1v) is 8.64. The molecule has 5 nitrogen and oxygen atoms in total. The fourth-order valence-electron chi connectivity index (χ4n) is 1.67. The lowest BCUT2D eigenvalue weighted by Gasteiger charge is -2.11. The lowest BCUT2D eigenvalue weighted by molar-refractivity contribution is -0.131. The fraction of sp³-hybridized carbons (Fsp3) is 0.154. The van der Waals surface area contributed by atoms with Gasteiger partial charge in [-0.25, -0.2) is 8.42 Å². The maximum absolute atomic E-state index is 12.4. The summed E-state index contributed by atoms with van der Waals surface area (Å²) >= 11 is 7.16. The molecule has 2 rings (SSSR count). The van der Waals surface area contributed by atoms with E-state index in [1.807, 2.05) is 0 Å². The molecule has 0 spiro atoms. The molecule has 0 saturated heterocycles. The monoisotopic (exact) mass is 345 g/mol. The van der Waals surface area contributed by atoms with E-state index in [0.29, 0.717) is 10.6 Å². The van der Waals surface area contributed by atoms with E-state index in [-0.39, 0.29) is 16.3 Å². The van der Waals surface area contributed by atoms with Crippen molar-refractivity contribution in [3.05, 3.63) is 39.5 Å². The second kappa shape index (κ2) is 6.05. The molecular weight excluding hydrogens is 334 g/mol. The van der Waals surface area contributed by atoms with Crippen LogP contribution in [0.5, 0.6) is 5.75 Å². The Morgan fingerprint density at radius 1 is 1.33 bits per heavy atom. The van der Waals surface area contributed by atoms with Gasteiger partial charge in [0.25, 0.3) is 10.0 Å². The summed E-state index contributed by atoms with van der Waals surface area (Å²) in [7, 11) is -3.81. The van der Waals surface area contributed by atoms with E-state index < -0.39 is 16.0 Å². The van der Waals surface area contributed by atoms with Crippen LogP contribution in [0.1, 0.15) is 12.5 Å². The van der Waals surface area contributed by atoms with Crippen molar-refractivity contribution in [2.45, 2.75) is 18.7 Å². The number of anilines is 1. The molecule has 0 aliphatic rings. The largest absolute Gasteiger partial charge is 0.424 e. The summed E-state index contributed by atoms with van der Waals surface area (Å²) in [6, 6.07) is 4.64. The molecule has 2 aromatic rings. The van der Waals surface area contributed by atoms with Crippen LogP contribution in [0.2, 0.25) is 5.02 Å². The number of carbonyl (C=O) groups excluding carboxylic acids is 1. The summed E-state index contributed by atoms with van der Waals surface area (Å²) in [5, 5.41) is 3.46. The first-order chi connectivity index (χ1) is 9.81. The zero-order valence-corrected chi connectivity index (χ0v) is 13.6. The third kappa shape index (κ3) is 3.55. The first-order valence-electron chi connectivity index (χ1n) is 5.84. The summed E-state index contributed by atoms with van der Waals surface area (Å²) in [6.07, 6.45) is 0. The summed E-state index contributed by atoms with van der Waals surface area (Å²) in [5.74, 6) is -0.344. The highest BCUT2D eigenvalue weighted by Gasteiger charge is 2.20. The Balaban J connectivity index is 2.36. The van der Waals surface area contributed by atoms with Crippen LogP contribution >= 0.6 is 22.9 Å². The van der Waals surface area contributed by atoms with Gasteiger partial charge in [-0.15, -0.1) is 11.3 Å². The SMILES string of the molecule is CC(=O)Oc1cscc1NS(=O)(=O)c1cccc(Cl)c1C. The quantitative estimate of drug-likeness (QED) is 0.861. The van der Waals surface area contributed by atoms with Gasteiger partial charge < -0.3 is 4.74 Å². The summed E-state index contributed by atoms with van der Waals surface area (Å²) in [5.41, 5.74) is 0.672. The Labute approximate surface area is 131 Å². The van der Waals surface area contributed by atoms with Gasteiger partial charge in [0.15, 0.2) is 5.75 Å². The Hall–Kier alpha value is -1.57. The number of nitrogens with one attached hydrogen (secondary N) is 1. The van der Waals surface area contributed by atoms with Crippen molar-refractivity contribution in [2.75, 3.05) is 4.72 Å². The van der Waals surface area contributed by atoms with Crippen LogP contribution in [0, 0.1) is 6.92 Å². The number of rotatable bonds is 4. The van der Waals surface area contributed by atoms with Gasteiger partial charge in [0.2, 0.25) is 0 Å². The number of sulfonamides is 1. The van der Waals surface area contributed by atoms with Crippen LogP contribution < -0.4 is 9.46 Å². The third-order valence-electron chi connectivity index (χ3n) is 2.63. The average molecular weight is 346 g/mol. The fourth-order valence-corrected chi connectivity index (χ4v) is 3.99. The number of hydrogen-bond donors (Lipinski definition) is 1. The molecule has 1 aromatic heterocycles. The second-order valence-corrected chi connectivity index (χ2v) is 7.01. The van der Waals surface area contributed by atoms with Gasteiger partial charge in [-0.2, -0.15) is 0 Å². The van der Waals surface area contributed by atoms with Crippen LogP contribution in [-0.2, 0) is 14.8 Å². The van der Waals surface area contributed by atoms with Crippen LogP contribution in [0.15, 0.2) is 33.9 Å². The van der Waals surface area contributed by atoms with Crippen molar-refractivity contribution in [3.63, 3.8) is 0 Å². The average Bonchev–Trinajstić information content (AvgIpc) is 2.78. The molecular formula is C13H12ClNO4S2. The molecule has 8 heteroatoms. The highest BCUT2D eigenvalue weighted by molar-refractivity contribution is 7.92. The third-order valence-corrected chi connectivity index (χ3v) is 5.27. The van der Waals surface area contributed by atoms with E-state index in [1.165, 1.54) is 24.3 Å². The number of benzene rings is 1. The smallest absolute Gasteiger partial charge is 0.308 e. The Morgan fingerprint density at radius 2 is 2.05 bits per heavy atom. The first kappa shape index (κ1) is 15.8. The minimum Gasteiger partial charge on any atom is -0.424 e. The zero-order valence-electron chi connectivity index (χ0n) is 11.2. The second-order valence-electron chi connectivity index (χ2n) is 4.21. The molecule has 1 N–H and O–H groups in total. The Bertz CT molecular complexity index is 783. The number of ether oxygens (including phenoxy) is 1. The van der Waals surface area contributed by atoms with Crippen LogP contribution in [0.3, 0.4) is 0 Å². The van der Waals surface area contributed by atoms with Crippen LogP contribution in [-0.4, -0.2) is 14.4 Å². The van der Waals surface area contributed by atoms with E-state index in [2.05, 4.69) is 4.72 Å². The van der Waals surface area contributed by atoms with E-state index in [4.69, 9.17) is 16.3 Å². The van der Waals surface area contributed by atoms with Gasteiger partial charge in [0, 0.05) is 22.7 Å². The molecule has 1 aromatic carbocycles. The van der Waals surface area contributed by atoms with Crippen molar-refractivity contribution in [1.82, 2.24) is 0 Å². The van der Waals surface area contributed by atoms with Crippen LogP contribution in [0.4, 0.5) is 5.69 Å². The molecule has 0 saturated carbocycles. The molecule has 0 bridgehead atoms.